The summed E-state index contributed by atoms with van der Waals surface area (Å²) in [5.74, 6) is -1.07. The highest BCUT2D eigenvalue weighted by Crippen LogP contribution is 2.19. The Hall–Kier alpha value is -2.40. The summed E-state index contributed by atoms with van der Waals surface area (Å²) in [5, 5.41) is 5.85. The smallest absolute Gasteiger partial charge is 0.233 e. The number of anilines is 1. The molecule has 0 aliphatic heterocycles. The van der Waals surface area contributed by atoms with E-state index in [1.54, 1.807) is 30.3 Å². The highest BCUT2D eigenvalue weighted by atomic mass is 35.5. The highest BCUT2D eigenvalue weighted by molar-refractivity contribution is 6.31. The number of rotatable bonds is 6. The maximum absolute atomic E-state index is 12.8. The predicted octanol–water partition coefficient (Wildman–Crippen LogP) is 3.48. The van der Waals surface area contributed by atoms with Crippen LogP contribution in [0.5, 0.6) is 0 Å². The molecule has 0 bridgehead atoms. The van der Waals surface area contributed by atoms with Gasteiger partial charge in [-0.2, -0.15) is 0 Å². The summed E-state index contributed by atoms with van der Waals surface area (Å²) in [5.41, 5.74) is 2.37. The fraction of sp³-hybridized carbons (Fsp3) is 0.222. The second-order valence-corrected chi connectivity index (χ2v) is 5.82. The van der Waals surface area contributed by atoms with Crippen molar-refractivity contribution in [1.29, 1.82) is 0 Å². The Morgan fingerprint density at radius 2 is 1.79 bits per heavy atom. The monoisotopic (exact) mass is 348 g/mol. The first kappa shape index (κ1) is 17.9. The van der Waals surface area contributed by atoms with E-state index in [1.807, 2.05) is 6.92 Å². The van der Waals surface area contributed by atoms with Gasteiger partial charge in [0, 0.05) is 17.3 Å². The molecule has 126 valence electrons. The van der Waals surface area contributed by atoms with Crippen LogP contribution in [0.25, 0.3) is 0 Å². The molecule has 0 atom stereocenters. The molecular weight excluding hydrogens is 331 g/mol. The molecule has 0 unspecified atom stereocenters. The molecule has 6 heteroatoms. The molecule has 0 fully saturated rings. The van der Waals surface area contributed by atoms with Crippen LogP contribution >= 0.6 is 11.6 Å². The van der Waals surface area contributed by atoms with Crippen molar-refractivity contribution in [2.45, 2.75) is 19.8 Å². The van der Waals surface area contributed by atoms with Crippen LogP contribution in [0.1, 0.15) is 17.5 Å². The molecule has 0 saturated carbocycles. The van der Waals surface area contributed by atoms with Gasteiger partial charge in [0.2, 0.25) is 11.8 Å². The minimum absolute atomic E-state index is 0.269. The third kappa shape index (κ3) is 5.66. The van der Waals surface area contributed by atoms with Crippen LogP contribution in [-0.4, -0.2) is 18.4 Å². The van der Waals surface area contributed by atoms with Crippen molar-refractivity contribution >= 4 is 29.1 Å². The number of carbonyl (C=O) groups excluding carboxylic acids is 2. The van der Waals surface area contributed by atoms with Crippen LogP contribution in [0.3, 0.4) is 0 Å². The number of amides is 2. The third-order valence-electron chi connectivity index (χ3n) is 3.43. The van der Waals surface area contributed by atoms with Crippen molar-refractivity contribution in [2.24, 2.45) is 0 Å². The average Bonchev–Trinajstić information content (AvgIpc) is 2.53. The molecule has 2 aromatic carbocycles. The zero-order valence-corrected chi connectivity index (χ0v) is 14.0. The Morgan fingerprint density at radius 3 is 2.46 bits per heavy atom. The summed E-state index contributed by atoms with van der Waals surface area (Å²) in [6.45, 7) is 2.25. The number of aryl methyl sites for hydroxylation is 1. The third-order valence-corrected chi connectivity index (χ3v) is 3.83. The maximum atomic E-state index is 12.8. The quantitative estimate of drug-likeness (QED) is 0.785. The fourth-order valence-electron chi connectivity index (χ4n) is 2.08. The van der Waals surface area contributed by atoms with Crippen molar-refractivity contribution in [1.82, 2.24) is 5.32 Å². The maximum Gasteiger partial charge on any atom is 0.233 e. The van der Waals surface area contributed by atoms with Crippen molar-refractivity contribution in [2.75, 3.05) is 11.9 Å². The number of hydrogen-bond donors (Lipinski definition) is 2. The molecule has 2 aromatic rings. The van der Waals surface area contributed by atoms with Gasteiger partial charge >= 0.3 is 0 Å². The molecule has 0 aliphatic rings. The topological polar surface area (TPSA) is 58.2 Å². The minimum atomic E-state index is -0.408. The number of benzene rings is 2. The van der Waals surface area contributed by atoms with Crippen LogP contribution in [0.15, 0.2) is 42.5 Å². The van der Waals surface area contributed by atoms with E-state index in [-0.39, 0.29) is 18.1 Å². The summed E-state index contributed by atoms with van der Waals surface area (Å²) in [7, 11) is 0. The molecule has 2 amide bonds. The standard InChI is InChI=1S/C18H18ClFN2O2/c1-12-2-7-15(10-16(12)19)22-18(24)11-17(23)21-9-8-13-3-5-14(20)6-4-13/h2-7,10H,8-9,11H2,1H3,(H,21,23)(H,22,24). The predicted molar refractivity (Wildman–Crippen MR) is 92.5 cm³/mol. The molecular formula is C18H18ClFN2O2. The summed E-state index contributed by atoms with van der Waals surface area (Å²) >= 11 is 5.99. The van der Waals surface area contributed by atoms with Gasteiger partial charge in [0.15, 0.2) is 0 Å². The zero-order valence-electron chi connectivity index (χ0n) is 13.2. The lowest BCUT2D eigenvalue weighted by Gasteiger charge is -2.08. The number of carbonyl (C=O) groups is 2. The van der Waals surface area contributed by atoms with E-state index in [4.69, 9.17) is 11.6 Å². The average molecular weight is 349 g/mol. The van der Waals surface area contributed by atoms with Gasteiger partial charge in [0.1, 0.15) is 12.2 Å². The number of halogens is 2. The van der Waals surface area contributed by atoms with Gasteiger partial charge in [-0.1, -0.05) is 29.8 Å². The largest absolute Gasteiger partial charge is 0.355 e. The van der Waals surface area contributed by atoms with Crippen molar-refractivity contribution in [3.8, 4) is 0 Å². The molecule has 0 aliphatic carbocycles. The van der Waals surface area contributed by atoms with Gasteiger partial charge in [0.05, 0.1) is 0 Å². The van der Waals surface area contributed by atoms with Crippen molar-refractivity contribution < 1.29 is 14.0 Å². The lowest BCUT2D eigenvalue weighted by Crippen LogP contribution is -2.29. The SMILES string of the molecule is Cc1ccc(NC(=O)CC(=O)NCCc2ccc(F)cc2)cc1Cl. The van der Waals surface area contributed by atoms with Crippen LogP contribution in [-0.2, 0) is 16.0 Å². The van der Waals surface area contributed by atoms with E-state index in [9.17, 15) is 14.0 Å². The first-order valence-electron chi connectivity index (χ1n) is 7.51. The summed E-state index contributed by atoms with van der Waals surface area (Å²) in [4.78, 5) is 23.6. The van der Waals surface area contributed by atoms with E-state index in [0.717, 1.165) is 11.1 Å². The zero-order chi connectivity index (χ0) is 17.5. The first-order chi connectivity index (χ1) is 11.4. The molecule has 4 nitrogen and oxygen atoms in total. The Morgan fingerprint density at radius 1 is 1.08 bits per heavy atom. The summed E-state index contributed by atoms with van der Waals surface area (Å²) in [6.07, 6.45) is 0.302. The fourth-order valence-corrected chi connectivity index (χ4v) is 2.26. The normalized spacial score (nSPS) is 10.3. The summed E-state index contributed by atoms with van der Waals surface area (Å²) < 4.78 is 12.8. The first-order valence-corrected chi connectivity index (χ1v) is 7.89. The Labute approximate surface area is 145 Å². The van der Waals surface area contributed by atoms with E-state index in [1.165, 1.54) is 12.1 Å². The van der Waals surface area contributed by atoms with Crippen LogP contribution in [0.4, 0.5) is 10.1 Å². The van der Waals surface area contributed by atoms with E-state index >= 15 is 0 Å². The molecule has 0 heterocycles. The Kier molecular flexibility index (Phi) is 6.32. The van der Waals surface area contributed by atoms with Crippen LogP contribution in [0, 0.1) is 12.7 Å². The van der Waals surface area contributed by atoms with Crippen molar-refractivity contribution in [3.63, 3.8) is 0 Å². The minimum Gasteiger partial charge on any atom is -0.355 e. The molecule has 0 spiro atoms. The van der Waals surface area contributed by atoms with E-state index in [0.29, 0.717) is 23.7 Å². The lowest BCUT2D eigenvalue weighted by atomic mass is 10.1. The van der Waals surface area contributed by atoms with Gasteiger partial charge < -0.3 is 10.6 Å². The lowest BCUT2D eigenvalue weighted by molar-refractivity contribution is -0.126. The van der Waals surface area contributed by atoms with Crippen molar-refractivity contribution in [3.05, 3.63) is 64.4 Å². The van der Waals surface area contributed by atoms with Crippen LogP contribution < -0.4 is 10.6 Å². The molecule has 0 aromatic heterocycles. The second-order valence-electron chi connectivity index (χ2n) is 5.42. The van der Waals surface area contributed by atoms with E-state index < -0.39 is 5.91 Å². The molecule has 2 N–H and O–H groups in total. The van der Waals surface area contributed by atoms with Crippen LogP contribution in [0.2, 0.25) is 5.02 Å². The van der Waals surface area contributed by atoms with Gasteiger partial charge in [-0.05, 0) is 48.7 Å². The highest BCUT2D eigenvalue weighted by Gasteiger charge is 2.10. The Balaban J connectivity index is 1.74. The van der Waals surface area contributed by atoms with E-state index in [2.05, 4.69) is 10.6 Å². The number of hydrogen-bond acceptors (Lipinski definition) is 2. The molecule has 2 rings (SSSR count). The molecule has 24 heavy (non-hydrogen) atoms. The van der Waals surface area contributed by atoms with Gasteiger partial charge in [0.25, 0.3) is 0 Å². The molecule has 0 saturated heterocycles. The molecule has 0 radical (unpaired) electrons. The van der Waals surface area contributed by atoms with Gasteiger partial charge in [-0.15, -0.1) is 0 Å². The second kappa shape index (κ2) is 8.45. The Bertz CT molecular complexity index is 732. The van der Waals surface area contributed by atoms with Gasteiger partial charge in [-0.25, -0.2) is 4.39 Å². The summed E-state index contributed by atoms with van der Waals surface area (Å²) in [6, 6.07) is 11.2. The van der Waals surface area contributed by atoms with Gasteiger partial charge in [-0.3, -0.25) is 9.59 Å². The number of nitrogens with one attached hydrogen (secondary N) is 2.